The van der Waals surface area contributed by atoms with Gasteiger partial charge in [-0.2, -0.15) is 0 Å². The first-order valence-electron chi connectivity index (χ1n) is 8.10. The predicted molar refractivity (Wildman–Crippen MR) is 87.5 cm³/mol. The maximum Gasteiger partial charge on any atom is 0.123 e. The highest BCUT2D eigenvalue weighted by molar-refractivity contribution is 5.17. The van der Waals surface area contributed by atoms with Gasteiger partial charge in [0, 0.05) is 45.9 Å². The number of ether oxygens (including phenoxy) is 1. The number of benzene rings is 1. The second-order valence-corrected chi connectivity index (χ2v) is 6.39. The Morgan fingerprint density at radius 1 is 1.39 bits per heavy atom. The van der Waals surface area contributed by atoms with Crippen molar-refractivity contribution < 1.29 is 9.13 Å². The number of imidazole rings is 1. The first kappa shape index (κ1) is 16.1. The molecular weight excluding hydrogens is 293 g/mol. The summed E-state index contributed by atoms with van der Waals surface area (Å²) >= 11 is 0. The predicted octanol–water partition coefficient (Wildman–Crippen LogP) is 2.64. The summed E-state index contributed by atoms with van der Waals surface area (Å²) < 4.78 is 21.2. The third-order valence-corrected chi connectivity index (χ3v) is 4.74. The molecule has 1 saturated heterocycles. The monoisotopic (exact) mass is 317 g/mol. The summed E-state index contributed by atoms with van der Waals surface area (Å²) in [6.07, 6.45) is 5.85. The van der Waals surface area contributed by atoms with Gasteiger partial charge in [-0.25, -0.2) is 9.37 Å². The summed E-state index contributed by atoms with van der Waals surface area (Å²) in [5.74, 6) is 0.211. The van der Waals surface area contributed by atoms with Crippen molar-refractivity contribution in [3.8, 4) is 0 Å². The average molecular weight is 317 g/mol. The average Bonchev–Trinajstić information content (AvgIpc) is 2.93. The largest absolute Gasteiger partial charge is 0.381 e. The van der Waals surface area contributed by atoms with Crippen LogP contribution in [-0.2, 0) is 24.8 Å². The Bertz CT molecular complexity index is 643. The molecular formula is C18H24FN3O. The van der Waals surface area contributed by atoms with Gasteiger partial charge < -0.3 is 9.30 Å². The molecule has 0 N–H and O–H groups in total. The molecule has 5 heteroatoms. The quantitative estimate of drug-likeness (QED) is 0.849. The smallest absolute Gasteiger partial charge is 0.123 e. The molecule has 2 aromatic rings. The Hall–Kier alpha value is -1.72. The number of likely N-dealkylation sites (tertiary alicyclic amines) is 1. The lowest BCUT2D eigenvalue weighted by molar-refractivity contribution is -0.00898. The van der Waals surface area contributed by atoms with E-state index in [4.69, 9.17) is 4.74 Å². The lowest BCUT2D eigenvalue weighted by Crippen LogP contribution is -2.44. The van der Waals surface area contributed by atoms with Crippen molar-refractivity contribution in [1.29, 1.82) is 0 Å². The zero-order valence-electron chi connectivity index (χ0n) is 13.8. The van der Waals surface area contributed by atoms with E-state index in [0.717, 1.165) is 38.0 Å². The first-order chi connectivity index (χ1) is 11.2. The number of piperidine rings is 1. The van der Waals surface area contributed by atoms with E-state index in [-0.39, 0.29) is 11.9 Å². The summed E-state index contributed by atoms with van der Waals surface area (Å²) in [5.41, 5.74) is 2.25. The molecule has 3 rings (SSSR count). The molecule has 0 spiro atoms. The maximum absolute atomic E-state index is 13.4. The zero-order valence-corrected chi connectivity index (χ0v) is 13.8. The molecule has 1 aromatic carbocycles. The van der Waals surface area contributed by atoms with Crippen LogP contribution in [0.5, 0.6) is 0 Å². The fraction of sp³-hybridized carbons (Fsp3) is 0.500. The van der Waals surface area contributed by atoms with Crippen molar-refractivity contribution in [2.75, 3.05) is 20.2 Å². The fourth-order valence-electron chi connectivity index (χ4n) is 3.47. The summed E-state index contributed by atoms with van der Waals surface area (Å²) in [6.45, 7) is 2.87. The molecule has 1 aromatic heterocycles. The molecule has 0 radical (unpaired) electrons. The highest BCUT2D eigenvalue weighted by Crippen LogP contribution is 2.25. The van der Waals surface area contributed by atoms with E-state index >= 15 is 0 Å². The molecule has 0 aliphatic carbocycles. The first-order valence-corrected chi connectivity index (χ1v) is 8.10. The molecule has 4 nitrogen and oxygen atoms in total. The lowest BCUT2D eigenvalue weighted by atomic mass is 9.88. The molecule has 1 fully saturated rings. The Morgan fingerprint density at radius 3 is 2.96 bits per heavy atom. The van der Waals surface area contributed by atoms with E-state index in [1.807, 2.05) is 25.6 Å². The molecule has 124 valence electrons. The van der Waals surface area contributed by atoms with Crippen molar-refractivity contribution >= 4 is 0 Å². The summed E-state index contributed by atoms with van der Waals surface area (Å²) in [4.78, 5) is 6.63. The van der Waals surface area contributed by atoms with Crippen LogP contribution < -0.4 is 0 Å². The van der Waals surface area contributed by atoms with Crippen molar-refractivity contribution in [2.45, 2.75) is 25.5 Å². The van der Waals surface area contributed by atoms with E-state index in [1.165, 1.54) is 11.8 Å². The minimum Gasteiger partial charge on any atom is -0.381 e. The highest BCUT2D eigenvalue weighted by Gasteiger charge is 2.29. The molecule has 0 unspecified atom stereocenters. The number of hydrogen-bond acceptors (Lipinski definition) is 3. The third-order valence-electron chi connectivity index (χ3n) is 4.74. The molecule has 1 aliphatic heterocycles. The van der Waals surface area contributed by atoms with E-state index in [2.05, 4.69) is 14.5 Å². The Morgan fingerprint density at radius 2 is 2.26 bits per heavy atom. The van der Waals surface area contributed by atoms with Gasteiger partial charge in [0.15, 0.2) is 0 Å². The van der Waals surface area contributed by atoms with Crippen LogP contribution in [0.1, 0.15) is 17.7 Å². The van der Waals surface area contributed by atoms with Crippen molar-refractivity contribution in [2.24, 2.45) is 13.0 Å². The SMILES string of the molecule is CO[C@@H]1CCN(Cc2cncn2C)C[C@H]1Cc1cccc(F)c1. The second kappa shape index (κ2) is 7.23. The van der Waals surface area contributed by atoms with E-state index < -0.39 is 0 Å². The second-order valence-electron chi connectivity index (χ2n) is 6.39. The van der Waals surface area contributed by atoms with Crippen LogP contribution in [0.15, 0.2) is 36.8 Å². The van der Waals surface area contributed by atoms with Crippen molar-refractivity contribution in [1.82, 2.24) is 14.5 Å². The van der Waals surface area contributed by atoms with Gasteiger partial charge in [0.2, 0.25) is 0 Å². The third kappa shape index (κ3) is 3.98. The number of aromatic nitrogens is 2. The molecule has 2 atom stereocenters. The van der Waals surface area contributed by atoms with Crippen molar-refractivity contribution in [3.63, 3.8) is 0 Å². The topological polar surface area (TPSA) is 30.3 Å². The van der Waals surface area contributed by atoms with Crippen LogP contribution in [0.25, 0.3) is 0 Å². The molecule has 0 saturated carbocycles. The normalized spacial score (nSPS) is 22.4. The Labute approximate surface area is 136 Å². The van der Waals surface area contributed by atoms with Crippen LogP contribution in [0, 0.1) is 11.7 Å². The number of halogens is 1. The lowest BCUT2D eigenvalue weighted by Gasteiger charge is -2.38. The number of rotatable bonds is 5. The number of hydrogen-bond donors (Lipinski definition) is 0. The fourth-order valence-corrected chi connectivity index (χ4v) is 3.47. The zero-order chi connectivity index (χ0) is 16.2. The van der Waals surface area contributed by atoms with Crippen molar-refractivity contribution in [3.05, 3.63) is 53.9 Å². The Kier molecular flexibility index (Phi) is 5.08. The van der Waals surface area contributed by atoms with Gasteiger partial charge in [-0.15, -0.1) is 0 Å². The van der Waals surface area contributed by atoms with Crippen LogP contribution in [0.3, 0.4) is 0 Å². The van der Waals surface area contributed by atoms with E-state index in [0.29, 0.717) is 5.92 Å². The van der Waals surface area contributed by atoms with Crippen LogP contribution in [-0.4, -0.2) is 40.8 Å². The standard InChI is InChI=1S/C18H24FN3O/c1-21-13-20-10-17(21)12-22-7-6-18(23-2)15(11-22)8-14-4-3-5-16(19)9-14/h3-5,9-10,13,15,18H,6-8,11-12H2,1-2H3/t15-,18-/m1/s1. The van der Waals surface area contributed by atoms with Gasteiger partial charge in [0.25, 0.3) is 0 Å². The molecule has 0 amide bonds. The van der Waals surface area contributed by atoms with Gasteiger partial charge in [0.05, 0.1) is 18.1 Å². The van der Waals surface area contributed by atoms with Gasteiger partial charge in [-0.3, -0.25) is 4.90 Å². The molecule has 1 aliphatic rings. The molecule has 23 heavy (non-hydrogen) atoms. The van der Waals surface area contributed by atoms with Gasteiger partial charge in [0.1, 0.15) is 5.82 Å². The Balaban J connectivity index is 1.67. The number of aryl methyl sites for hydroxylation is 1. The van der Waals surface area contributed by atoms with Gasteiger partial charge in [-0.1, -0.05) is 12.1 Å². The van der Waals surface area contributed by atoms with E-state index in [1.54, 1.807) is 19.2 Å². The number of nitrogens with zero attached hydrogens (tertiary/aromatic N) is 3. The summed E-state index contributed by atoms with van der Waals surface area (Å²) in [7, 11) is 3.80. The van der Waals surface area contributed by atoms with Gasteiger partial charge in [-0.05, 0) is 30.5 Å². The highest BCUT2D eigenvalue weighted by atomic mass is 19.1. The summed E-state index contributed by atoms with van der Waals surface area (Å²) in [6, 6.07) is 6.90. The minimum atomic E-state index is -0.168. The van der Waals surface area contributed by atoms with Crippen LogP contribution >= 0.6 is 0 Å². The van der Waals surface area contributed by atoms with Gasteiger partial charge >= 0.3 is 0 Å². The van der Waals surface area contributed by atoms with Crippen LogP contribution in [0.2, 0.25) is 0 Å². The number of methoxy groups -OCH3 is 1. The van der Waals surface area contributed by atoms with Crippen LogP contribution in [0.4, 0.5) is 4.39 Å². The van der Waals surface area contributed by atoms with E-state index in [9.17, 15) is 4.39 Å². The minimum absolute atomic E-state index is 0.168. The molecule has 0 bridgehead atoms. The summed E-state index contributed by atoms with van der Waals surface area (Å²) in [5, 5.41) is 0. The molecule has 2 heterocycles. The maximum atomic E-state index is 13.4.